The monoisotopic (exact) mass is 485 g/mol. The van der Waals surface area contributed by atoms with Crippen LogP contribution in [-0.2, 0) is 32.8 Å². The van der Waals surface area contributed by atoms with Crippen molar-refractivity contribution in [2.24, 2.45) is 0 Å². The number of fused-ring (bicyclic) bond motifs is 1. The number of ether oxygens (including phenoxy) is 2. The number of carbonyl (C=O) groups excluding carboxylic acids is 3. The van der Waals surface area contributed by atoms with E-state index in [9.17, 15) is 14.4 Å². The smallest absolute Gasteiger partial charge is 0.254 e. The van der Waals surface area contributed by atoms with E-state index in [1.807, 2.05) is 35.7 Å². The molecule has 3 aliphatic rings. The minimum Gasteiger partial charge on any atom is -0.489 e. The Hall–Kier alpha value is -3.04. The minimum absolute atomic E-state index is 0.203. The van der Waals surface area contributed by atoms with Gasteiger partial charge in [0.15, 0.2) is 0 Å². The highest BCUT2D eigenvalue weighted by Gasteiger charge is 2.50. The van der Waals surface area contributed by atoms with E-state index in [1.54, 1.807) is 4.90 Å². The van der Waals surface area contributed by atoms with Crippen molar-refractivity contribution in [3.05, 3.63) is 58.7 Å². The second kappa shape index (κ2) is 9.79. The van der Waals surface area contributed by atoms with Crippen LogP contribution in [0.1, 0.15) is 39.9 Å². The molecule has 1 N–H and O–H groups in total. The second-order valence-electron chi connectivity index (χ2n) is 10.4. The van der Waals surface area contributed by atoms with Crippen LogP contribution in [0.5, 0.6) is 5.75 Å². The Bertz CT molecular complexity index is 1200. The van der Waals surface area contributed by atoms with Crippen LogP contribution in [0.25, 0.3) is 0 Å². The van der Waals surface area contributed by atoms with Gasteiger partial charge in [-0.05, 0) is 23.6 Å². The fraction of sp³-hybridized carbons (Fsp3) is 0.400. The van der Waals surface area contributed by atoms with Gasteiger partial charge in [0.2, 0.25) is 11.8 Å². The number of nitrogens with zero attached hydrogens (tertiary/aromatic N) is 2. The van der Waals surface area contributed by atoms with Crippen molar-refractivity contribution in [3.8, 4) is 5.75 Å². The van der Waals surface area contributed by atoms with Gasteiger partial charge in [-0.15, -0.1) is 0 Å². The Morgan fingerprint density at radius 2 is 1.75 bits per heavy atom. The summed E-state index contributed by atoms with van der Waals surface area (Å²) in [5.74, 6) is -0.271. The molecule has 2 aromatic rings. The number of carbonyl (C=O) groups is 3. The quantitative estimate of drug-likeness (QED) is 0.377. The van der Waals surface area contributed by atoms with Gasteiger partial charge in [-0.2, -0.15) is 0 Å². The number of hydrogen-bond acceptors (Lipinski definition) is 6. The second-order valence-corrected chi connectivity index (χ2v) is 10.4. The third-order valence-corrected chi connectivity index (χ3v) is 7.36. The Labute approximate surface area is 213 Å². The SMILES string of the molecule is Bc1cc(OCc2ccc(CN3CCOCC3)cc2)c2c(c1)C(=O)N(C1CCC(=O)NC1=O)C2(B)B. The van der Waals surface area contributed by atoms with Crippen LogP contribution < -0.4 is 15.5 Å². The summed E-state index contributed by atoms with van der Waals surface area (Å²) in [6.07, 6.45) is 0.538. The van der Waals surface area contributed by atoms with Gasteiger partial charge in [-0.3, -0.25) is 24.6 Å². The Kier molecular flexibility index (Phi) is 6.70. The molecule has 0 spiro atoms. The predicted octanol–water partition coefficient (Wildman–Crippen LogP) is -2.01. The Morgan fingerprint density at radius 1 is 1.06 bits per heavy atom. The lowest BCUT2D eigenvalue weighted by molar-refractivity contribution is -0.137. The summed E-state index contributed by atoms with van der Waals surface area (Å²) in [4.78, 5) is 41.8. The van der Waals surface area contributed by atoms with Gasteiger partial charge < -0.3 is 14.4 Å². The Balaban J connectivity index is 1.34. The van der Waals surface area contributed by atoms with Crippen LogP contribution in [0, 0.1) is 0 Å². The molecule has 1 atom stereocenters. The van der Waals surface area contributed by atoms with Gasteiger partial charge in [-0.1, -0.05) is 35.8 Å². The fourth-order valence-corrected chi connectivity index (χ4v) is 5.55. The molecule has 3 heterocycles. The molecule has 8 nitrogen and oxygen atoms in total. The van der Waals surface area contributed by atoms with E-state index in [1.165, 1.54) is 5.56 Å². The van der Waals surface area contributed by atoms with Gasteiger partial charge in [-0.25, -0.2) is 0 Å². The fourth-order valence-electron chi connectivity index (χ4n) is 5.55. The molecule has 11 heteroatoms. The van der Waals surface area contributed by atoms with Gasteiger partial charge >= 0.3 is 0 Å². The zero-order valence-electron chi connectivity index (χ0n) is 21.1. The first-order valence-corrected chi connectivity index (χ1v) is 12.6. The van der Waals surface area contributed by atoms with E-state index < -0.39 is 17.3 Å². The van der Waals surface area contributed by atoms with Crippen molar-refractivity contribution in [2.45, 2.75) is 37.4 Å². The van der Waals surface area contributed by atoms with Crippen molar-refractivity contribution in [3.63, 3.8) is 0 Å². The maximum absolute atomic E-state index is 13.5. The number of amides is 3. The lowest BCUT2D eigenvalue weighted by Gasteiger charge is -2.40. The minimum atomic E-state index is -0.764. The van der Waals surface area contributed by atoms with Crippen LogP contribution in [0.15, 0.2) is 36.4 Å². The molecule has 0 aromatic heterocycles. The third-order valence-electron chi connectivity index (χ3n) is 7.36. The number of benzene rings is 2. The van der Waals surface area contributed by atoms with Crippen LogP contribution in [-0.4, -0.2) is 83.4 Å². The van der Waals surface area contributed by atoms with Crippen molar-refractivity contribution in [2.75, 3.05) is 26.3 Å². The molecule has 5 rings (SSSR count). The summed E-state index contributed by atoms with van der Waals surface area (Å²) >= 11 is 0. The van der Waals surface area contributed by atoms with E-state index in [2.05, 4.69) is 34.5 Å². The van der Waals surface area contributed by atoms with Crippen LogP contribution >= 0.6 is 0 Å². The van der Waals surface area contributed by atoms with E-state index in [0.717, 1.165) is 49.4 Å². The van der Waals surface area contributed by atoms with Crippen LogP contribution in [0.2, 0.25) is 0 Å². The maximum Gasteiger partial charge on any atom is 0.254 e. The molecule has 0 radical (unpaired) electrons. The van der Waals surface area contributed by atoms with Gasteiger partial charge in [0, 0.05) is 42.5 Å². The number of hydrogen-bond donors (Lipinski definition) is 1. The number of imide groups is 1. The zero-order chi connectivity index (χ0) is 25.4. The van der Waals surface area contributed by atoms with Crippen molar-refractivity contribution < 1.29 is 23.9 Å². The molecule has 2 aromatic carbocycles. The molecular weight excluding hydrogens is 455 g/mol. The average Bonchev–Trinajstić information content (AvgIpc) is 3.04. The largest absolute Gasteiger partial charge is 0.489 e. The summed E-state index contributed by atoms with van der Waals surface area (Å²) in [5.41, 5.74) is 4.55. The van der Waals surface area contributed by atoms with E-state index >= 15 is 0 Å². The zero-order valence-corrected chi connectivity index (χ0v) is 21.1. The standard InChI is InChI=1S/C25H30B3N3O5/c26-17-11-18-22(25(27,28)31(24(18)34)19-5-6-21(32)29-23(19)33)20(12-17)36-14-16-3-1-15(2-4-16)13-30-7-9-35-10-8-30/h1-4,11-12,19H,5-10,13-14,26-28H2,(H,29,32,33). The molecule has 2 saturated heterocycles. The molecule has 3 amide bonds. The average molecular weight is 485 g/mol. The highest BCUT2D eigenvalue weighted by atomic mass is 16.5. The number of piperidine rings is 1. The summed E-state index contributed by atoms with van der Waals surface area (Å²) in [6, 6.07) is 11.5. The van der Waals surface area contributed by atoms with Gasteiger partial charge in [0.25, 0.3) is 5.91 Å². The molecule has 184 valence electrons. The predicted molar refractivity (Wildman–Crippen MR) is 143 cm³/mol. The first-order valence-electron chi connectivity index (χ1n) is 12.6. The molecule has 36 heavy (non-hydrogen) atoms. The lowest BCUT2D eigenvalue weighted by Crippen LogP contribution is -2.59. The molecule has 1 unspecified atom stereocenters. The molecule has 0 aliphatic carbocycles. The van der Waals surface area contributed by atoms with E-state index in [0.29, 0.717) is 24.3 Å². The summed E-state index contributed by atoms with van der Waals surface area (Å²) in [6.45, 7) is 4.75. The number of morpholine rings is 1. The van der Waals surface area contributed by atoms with E-state index in [4.69, 9.17) is 9.47 Å². The van der Waals surface area contributed by atoms with Crippen molar-refractivity contribution in [1.82, 2.24) is 15.1 Å². The first-order chi connectivity index (χ1) is 17.2. The summed E-state index contributed by atoms with van der Waals surface area (Å²) in [5, 5.41) is 1.62. The molecule has 0 saturated carbocycles. The lowest BCUT2D eigenvalue weighted by atomic mass is 9.57. The van der Waals surface area contributed by atoms with Crippen molar-refractivity contribution >= 4 is 46.7 Å². The highest BCUT2D eigenvalue weighted by Crippen LogP contribution is 2.42. The van der Waals surface area contributed by atoms with Crippen LogP contribution in [0.4, 0.5) is 0 Å². The molecule has 2 fully saturated rings. The molecule has 0 bridgehead atoms. The summed E-state index contributed by atoms with van der Waals surface area (Å²) in [7, 11) is 5.80. The van der Waals surface area contributed by atoms with Crippen molar-refractivity contribution in [1.29, 1.82) is 0 Å². The summed E-state index contributed by atoms with van der Waals surface area (Å²) < 4.78 is 11.7. The molecule has 3 aliphatic heterocycles. The molecular formula is C25H30B3N3O5. The maximum atomic E-state index is 13.5. The number of nitrogens with one attached hydrogen (secondary N) is 1. The number of rotatable bonds is 6. The van der Waals surface area contributed by atoms with Crippen LogP contribution in [0.3, 0.4) is 0 Å². The van der Waals surface area contributed by atoms with E-state index in [-0.39, 0.29) is 18.2 Å². The Morgan fingerprint density at radius 3 is 2.44 bits per heavy atom. The van der Waals surface area contributed by atoms with Gasteiger partial charge in [0.1, 0.15) is 41.9 Å². The third kappa shape index (κ3) is 4.69. The normalized spacial score (nSPS) is 21.8. The highest BCUT2D eigenvalue weighted by molar-refractivity contribution is 6.44. The first kappa shape index (κ1) is 24.7. The topological polar surface area (TPSA) is 88.2 Å². The van der Waals surface area contributed by atoms with Gasteiger partial charge in [0.05, 0.1) is 13.2 Å².